The minimum Gasteiger partial charge on any atom is -0.394 e. The standard InChI is InChI=1S/C20H28N2O5/c23-14-18-17(21-19(24)12-15-4-2-1-3-5-15)7-6-16(27-18)13-20(25)22-8-10-26-11-9-22/h1-5,16-18,23H,6-14H2,(H,21,24)/t16-,17-,18-/m0/s1. The van der Waals surface area contributed by atoms with Gasteiger partial charge in [-0.15, -0.1) is 0 Å². The van der Waals surface area contributed by atoms with Crippen LogP contribution < -0.4 is 5.32 Å². The maximum absolute atomic E-state index is 12.4. The van der Waals surface area contributed by atoms with E-state index in [-0.39, 0.29) is 30.6 Å². The van der Waals surface area contributed by atoms with E-state index in [2.05, 4.69) is 5.32 Å². The molecule has 7 nitrogen and oxygen atoms in total. The summed E-state index contributed by atoms with van der Waals surface area (Å²) < 4.78 is 11.2. The van der Waals surface area contributed by atoms with Gasteiger partial charge < -0.3 is 24.8 Å². The number of aliphatic hydroxyl groups excluding tert-OH is 1. The molecule has 3 rings (SSSR count). The van der Waals surface area contributed by atoms with Crippen LogP contribution in [-0.2, 0) is 25.5 Å². The first-order chi connectivity index (χ1) is 13.2. The normalized spacial score (nSPS) is 25.8. The van der Waals surface area contributed by atoms with E-state index in [1.165, 1.54) is 0 Å². The summed E-state index contributed by atoms with van der Waals surface area (Å²) in [7, 11) is 0. The predicted octanol–water partition coefficient (Wildman–Crippen LogP) is 0.503. The average molecular weight is 376 g/mol. The van der Waals surface area contributed by atoms with Crippen molar-refractivity contribution in [1.82, 2.24) is 10.2 Å². The number of hydrogen-bond acceptors (Lipinski definition) is 5. The van der Waals surface area contributed by atoms with Crippen LogP contribution in [0, 0.1) is 0 Å². The van der Waals surface area contributed by atoms with Crippen molar-refractivity contribution in [1.29, 1.82) is 0 Å². The van der Waals surface area contributed by atoms with E-state index in [0.29, 0.717) is 52.0 Å². The highest BCUT2D eigenvalue weighted by Gasteiger charge is 2.33. The highest BCUT2D eigenvalue weighted by Crippen LogP contribution is 2.23. The average Bonchev–Trinajstić information content (AvgIpc) is 2.70. The number of carbonyl (C=O) groups is 2. The molecule has 7 heteroatoms. The van der Waals surface area contributed by atoms with Gasteiger partial charge in [-0.1, -0.05) is 30.3 Å². The topological polar surface area (TPSA) is 88.1 Å². The first kappa shape index (κ1) is 19.8. The van der Waals surface area contributed by atoms with Crippen LogP contribution in [0.15, 0.2) is 30.3 Å². The van der Waals surface area contributed by atoms with Crippen LogP contribution in [0.1, 0.15) is 24.8 Å². The van der Waals surface area contributed by atoms with Gasteiger partial charge in [0.1, 0.15) is 6.10 Å². The molecule has 27 heavy (non-hydrogen) atoms. The minimum absolute atomic E-state index is 0.0616. The third-order valence-corrected chi connectivity index (χ3v) is 5.12. The second-order valence-corrected chi connectivity index (χ2v) is 7.09. The smallest absolute Gasteiger partial charge is 0.225 e. The maximum atomic E-state index is 12.4. The number of morpholine rings is 1. The number of hydrogen-bond donors (Lipinski definition) is 2. The lowest BCUT2D eigenvalue weighted by atomic mass is 9.96. The first-order valence-corrected chi connectivity index (χ1v) is 9.61. The van der Waals surface area contributed by atoms with Crippen LogP contribution in [0.4, 0.5) is 0 Å². The Morgan fingerprint density at radius 2 is 1.89 bits per heavy atom. The van der Waals surface area contributed by atoms with Crippen LogP contribution >= 0.6 is 0 Å². The lowest BCUT2D eigenvalue weighted by Gasteiger charge is -2.37. The Balaban J connectivity index is 1.47. The molecule has 2 heterocycles. The van der Waals surface area contributed by atoms with E-state index < -0.39 is 6.10 Å². The number of nitrogens with zero attached hydrogens (tertiary/aromatic N) is 1. The van der Waals surface area contributed by atoms with E-state index in [1.54, 1.807) is 4.90 Å². The van der Waals surface area contributed by atoms with Crippen molar-refractivity contribution in [3.8, 4) is 0 Å². The molecule has 0 unspecified atom stereocenters. The zero-order valence-electron chi connectivity index (χ0n) is 15.5. The Kier molecular flexibility index (Phi) is 7.20. The van der Waals surface area contributed by atoms with Gasteiger partial charge in [-0.25, -0.2) is 0 Å². The zero-order chi connectivity index (χ0) is 19.1. The van der Waals surface area contributed by atoms with Crippen molar-refractivity contribution in [3.63, 3.8) is 0 Å². The van der Waals surface area contributed by atoms with Crippen LogP contribution in [0.5, 0.6) is 0 Å². The van der Waals surface area contributed by atoms with Crippen LogP contribution in [0.25, 0.3) is 0 Å². The number of carbonyl (C=O) groups excluding carboxylic acids is 2. The molecule has 2 amide bonds. The van der Waals surface area contributed by atoms with Crippen molar-refractivity contribution in [2.24, 2.45) is 0 Å². The Morgan fingerprint density at radius 3 is 2.59 bits per heavy atom. The zero-order valence-corrected chi connectivity index (χ0v) is 15.5. The van der Waals surface area contributed by atoms with Gasteiger partial charge in [-0.2, -0.15) is 0 Å². The number of nitrogens with one attached hydrogen (secondary N) is 1. The van der Waals surface area contributed by atoms with E-state index in [1.807, 2.05) is 30.3 Å². The first-order valence-electron chi connectivity index (χ1n) is 9.61. The van der Waals surface area contributed by atoms with Gasteiger partial charge in [0.2, 0.25) is 11.8 Å². The molecular weight excluding hydrogens is 348 g/mol. The monoisotopic (exact) mass is 376 g/mol. The molecule has 148 valence electrons. The molecule has 2 saturated heterocycles. The SMILES string of the molecule is O=C(Cc1ccccc1)N[C@H]1CC[C@@H](CC(=O)N2CCOCC2)O[C@H]1CO. The molecule has 3 atom stereocenters. The van der Waals surface area contributed by atoms with Gasteiger partial charge in [0.05, 0.1) is 44.8 Å². The Hall–Kier alpha value is -1.96. The summed E-state index contributed by atoms with van der Waals surface area (Å²) in [5, 5.41) is 12.6. The van der Waals surface area contributed by atoms with E-state index in [9.17, 15) is 14.7 Å². The summed E-state index contributed by atoms with van der Waals surface area (Å²) >= 11 is 0. The van der Waals surface area contributed by atoms with Gasteiger partial charge in [0.25, 0.3) is 0 Å². The van der Waals surface area contributed by atoms with Crippen LogP contribution in [0.2, 0.25) is 0 Å². The summed E-state index contributed by atoms with van der Waals surface area (Å²) in [5.74, 6) is -0.0253. The number of aliphatic hydroxyl groups is 1. The molecule has 0 saturated carbocycles. The Bertz CT molecular complexity index is 618. The molecule has 2 aliphatic heterocycles. The molecule has 0 bridgehead atoms. The van der Waals surface area contributed by atoms with Crippen LogP contribution in [-0.4, -0.2) is 73.0 Å². The molecule has 0 aliphatic carbocycles. The largest absolute Gasteiger partial charge is 0.394 e. The number of ether oxygens (including phenoxy) is 2. The second kappa shape index (κ2) is 9.82. The van der Waals surface area contributed by atoms with Gasteiger partial charge >= 0.3 is 0 Å². The molecule has 1 aromatic carbocycles. The Morgan fingerprint density at radius 1 is 1.15 bits per heavy atom. The maximum Gasteiger partial charge on any atom is 0.225 e. The third-order valence-electron chi connectivity index (χ3n) is 5.12. The molecule has 1 aromatic rings. The fourth-order valence-corrected chi connectivity index (χ4v) is 3.62. The summed E-state index contributed by atoms with van der Waals surface area (Å²) in [4.78, 5) is 26.5. The highest BCUT2D eigenvalue weighted by molar-refractivity contribution is 5.79. The molecule has 0 spiro atoms. The van der Waals surface area contributed by atoms with E-state index in [0.717, 1.165) is 5.56 Å². The highest BCUT2D eigenvalue weighted by atomic mass is 16.5. The second-order valence-electron chi connectivity index (χ2n) is 7.09. The lowest BCUT2D eigenvalue weighted by molar-refractivity contribution is -0.145. The summed E-state index contributed by atoms with van der Waals surface area (Å²) in [6.45, 7) is 2.21. The summed E-state index contributed by atoms with van der Waals surface area (Å²) in [6, 6.07) is 9.30. The molecular formula is C20H28N2O5. The van der Waals surface area contributed by atoms with Crippen molar-refractivity contribution < 1.29 is 24.2 Å². The molecule has 0 radical (unpaired) electrons. The number of amides is 2. The van der Waals surface area contributed by atoms with Gasteiger partial charge in [-0.05, 0) is 18.4 Å². The van der Waals surface area contributed by atoms with Crippen molar-refractivity contribution in [2.45, 2.75) is 43.9 Å². The van der Waals surface area contributed by atoms with Crippen molar-refractivity contribution >= 4 is 11.8 Å². The molecule has 2 fully saturated rings. The van der Waals surface area contributed by atoms with E-state index >= 15 is 0 Å². The van der Waals surface area contributed by atoms with Gasteiger partial charge in [0.15, 0.2) is 0 Å². The molecule has 2 N–H and O–H groups in total. The molecule has 2 aliphatic rings. The summed E-state index contributed by atoms with van der Waals surface area (Å²) in [5.41, 5.74) is 0.946. The quantitative estimate of drug-likeness (QED) is 0.755. The lowest BCUT2D eigenvalue weighted by Crippen LogP contribution is -2.52. The molecule has 0 aromatic heterocycles. The predicted molar refractivity (Wildman–Crippen MR) is 99.1 cm³/mol. The van der Waals surface area contributed by atoms with Crippen molar-refractivity contribution in [3.05, 3.63) is 35.9 Å². The summed E-state index contributed by atoms with van der Waals surface area (Å²) in [6.07, 6.45) is 1.27. The fraction of sp³-hybridized carbons (Fsp3) is 0.600. The minimum atomic E-state index is -0.485. The van der Waals surface area contributed by atoms with Gasteiger partial charge in [0, 0.05) is 13.1 Å². The number of rotatable bonds is 6. The van der Waals surface area contributed by atoms with Gasteiger partial charge in [-0.3, -0.25) is 9.59 Å². The fourth-order valence-electron chi connectivity index (χ4n) is 3.62. The number of benzene rings is 1. The van der Waals surface area contributed by atoms with E-state index in [4.69, 9.17) is 9.47 Å². The van der Waals surface area contributed by atoms with Crippen LogP contribution in [0.3, 0.4) is 0 Å². The van der Waals surface area contributed by atoms with Crippen molar-refractivity contribution in [2.75, 3.05) is 32.9 Å². The third kappa shape index (κ3) is 5.76. The Labute approximate surface area is 159 Å².